The fraction of sp³-hybridized carbons (Fsp3) is 0.571. The molecular weight excluding hydrogens is 130 g/mol. The third-order valence-corrected chi connectivity index (χ3v) is 1.51. The van der Waals surface area contributed by atoms with E-state index in [1.165, 1.54) is 6.08 Å². The Morgan fingerprint density at radius 3 is 2.80 bits per heavy atom. The summed E-state index contributed by atoms with van der Waals surface area (Å²) in [5.41, 5.74) is 0. The second kappa shape index (κ2) is 2.84. The Labute approximate surface area is 60.3 Å². The zero-order valence-corrected chi connectivity index (χ0v) is 6.20. The topological polar surface area (TPSA) is 29.5 Å². The number of rotatable bonds is 1. The van der Waals surface area contributed by atoms with E-state index in [9.17, 15) is 4.79 Å². The summed E-state index contributed by atoms with van der Waals surface area (Å²) in [6.45, 7) is 0.475. The van der Waals surface area contributed by atoms with Crippen LogP contribution in [-0.2, 0) is 9.53 Å². The van der Waals surface area contributed by atoms with Crippen LogP contribution in [0, 0.1) is 0 Å². The SMILES string of the molecule is CN(C)C1C=CC(=O)OC1. The lowest BCUT2D eigenvalue weighted by molar-refractivity contribution is -0.139. The number of ether oxygens (including phenoxy) is 1. The maximum absolute atomic E-state index is 10.5. The summed E-state index contributed by atoms with van der Waals surface area (Å²) in [6.07, 6.45) is 3.32. The fourth-order valence-electron chi connectivity index (χ4n) is 0.782. The number of carbonyl (C=O) groups excluding carboxylic acids is 1. The van der Waals surface area contributed by atoms with Gasteiger partial charge in [-0.3, -0.25) is 4.90 Å². The first-order valence-electron chi connectivity index (χ1n) is 3.21. The van der Waals surface area contributed by atoms with Crippen molar-refractivity contribution in [2.24, 2.45) is 0 Å². The average molecular weight is 141 g/mol. The van der Waals surface area contributed by atoms with Crippen LogP contribution in [-0.4, -0.2) is 37.6 Å². The molecule has 1 aliphatic rings. The molecule has 10 heavy (non-hydrogen) atoms. The lowest BCUT2D eigenvalue weighted by atomic mass is 10.2. The summed E-state index contributed by atoms with van der Waals surface area (Å²) in [4.78, 5) is 12.5. The smallest absolute Gasteiger partial charge is 0.330 e. The quantitative estimate of drug-likeness (QED) is 0.482. The second-order valence-corrected chi connectivity index (χ2v) is 2.52. The molecule has 1 aliphatic heterocycles. The van der Waals surface area contributed by atoms with E-state index in [0.29, 0.717) is 6.61 Å². The molecule has 3 nitrogen and oxygen atoms in total. The highest BCUT2D eigenvalue weighted by Gasteiger charge is 2.14. The van der Waals surface area contributed by atoms with Crippen LogP contribution < -0.4 is 0 Å². The van der Waals surface area contributed by atoms with E-state index in [-0.39, 0.29) is 12.0 Å². The molecule has 0 amide bonds. The lowest BCUT2D eigenvalue weighted by Gasteiger charge is -2.22. The second-order valence-electron chi connectivity index (χ2n) is 2.52. The van der Waals surface area contributed by atoms with E-state index in [2.05, 4.69) is 0 Å². The van der Waals surface area contributed by atoms with Gasteiger partial charge in [-0.1, -0.05) is 6.08 Å². The summed E-state index contributed by atoms with van der Waals surface area (Å²) in [6, 6.07) is 0.248. The molecule has 0 aromatic carbocycles. The van der Waals surface area contributed by atoms with Crippen molar-refractivity contribution in [2.45, 2.75) is 6.04 Å². The average Bonchev–Trinajstić information content (AvgIpc) is 1.88. The number of nitrogens with zero attached hydrogens (tertiary/aromatic N) is 1. The Bertz CT molecular complexity index is 163. The normalized spacial score (nSPS) is 25.1. The molecule has 0 saturated heterocycles. The van der Waals surface area contributed by atoms with Gasteiger partial charge in [-0.05, 0) is 14.1 Å². The third-order valence-electron chi connectivity index (χ3n) is 1.51. The van der Waals surface area contributed by atoms with Gasteiger partial charge in [0.25, 0.3) is 0 Å². The zero-order chi connectivity index (χ0) is 7.56. The van der Waals surface area contributed by atoms with Crippen molar-refractivity contribution in [3.63, 3.8) is 0 Å². The molecule has 3 heteroatoms. The minimum Gasteiger partial charge on any atom is -0.461 e. The molecule has 0 fully saturated rings. The van der Waals surface area contributed by atoms with Crippen LogP contribution in [0.3, 0.4) is 0 Å². The zero-order valence-electron chi connectivity index (χ0n) is 6.20. The van der Waals surface area contributed by atoms with Crippen molar-refractivity contribution in [3.05, 3.63) is 12.2 Å². The van der Waals surface area contributed by atoms with Crippen molar-refractivity contribution in [1.29, 1.82) is 0 Å². The number of carbonyl (C=O) groups is 1. The predicted octanol–water partition coefficient (Wildman–Crippen LogP) is 0.0296. The van der Waals surface area contributed by atoms with Crippen LogP contribution in [0.1, 0.15) is 0 Å². The van der Waals surface area contributed by atoms with Crippen molar-refractivity contribution in [2.75, 3.05) is 20.7 Å². The maximum atomic E-state index is 10.5. The van der Waals surface area contributed by atoms with Crippen LogP contribution in [0.4, 0.5) is 0 Å². The molecule has 1 atom stereocenters. The molecule has 0 bridgehead atoms. The van der Waals surface area contributed by atoms with Gasteiger partial charge in [0.15, 0.2) is 0 Å². The van der Waals surface area contributed by atoms with Crippen molar-refractivity contribution in [3.8, 4) is 0 Å². The van der Waals surface area contributed by atoms with E-state index in [1.54, 1.807) is 0 Å². The number of hydrogen-bond donors (Lipinski definition) is 0. The summed E-state index contributed by atoms with van der Waals surface area (Å²) < 4.78 is 4.78. The molecule has 1 heterocycles. The summed E-state index contributed by atoms with van der Waals surface area (Å²) >= 11 is 0. The van der Waals surface area contributed by atoms with Gasteiger partial charge in [0.2, 0.25) is 0 Å². The van der Waals surface area contributed by atoms with Gasteiger partial charge in [0.05, 0.1) is 6.04 Å². The number of esters is 1. The minimum atomic E-state index is -0.238. The van der Waals surface area contributed by atoms with Crippen molar-refractivity contribution in [1.82, 2.24) is 4.90 Å². The minimum absolute atomic E-state index is 0.238. The highest BCUT2D eigenvalue weighted by molar-refractivity contribution is 5.82. The van der Waals surface area contributed by atoms with E-state index in [1.807, 2.05) is 25.1 Å². The summed E-state index contributed by atoms with van der Waals surface area (Å²) in [5.74, 6) is -0.238. The van der Waals surface area contributed by atoms with Crippen LogP contribution in [0.2, 0.25) is 0 Å². The van der Waals surface area contributed by atoms with Gasteiger partial charge >= 0.3 is 5.97 Å². The van der Waals surface area contributed by atoms with Crippen LogP contribution >= 0.6 is 0 Å². The van der Waals surface area contributed by atoms with Gasteiger partial charge in [0, 0.05) is 6.08 Å². The molecule has 0 N–H and O–H groups in total. The number of cyclic esters (lactones) is 1. The number of likely N-dealkylation sites (N-methyl/N-ethyl adjacent to an activating group) is 1. The van der Waals surface area contributed by atoms with Crippen LogP contribution in [0.15, 0.2) is 12.2 Å². The van der Waals surface area contributed by atoms with Gasteiger partial charge in [-0.25, -0.2) is 4.79 Å². The molecule has 0 spiro atoms. The van der Waals surface area contributed by atoms with E-state index >= 15 is 0 Å². The molecule has 0 aliphatic carbocycles. The largest absolute Gasteiger partial charge is 0.461 e. The summed E-state index contributed by atoms with van der Waals surface area (Å²) in [5, 5.41) is 0. The molecule has 1 unspecified atom stereocenters. The standard InChI is InChI=1S/C7H11NO2/c1-8(2)6-3-4-7(9)10-5-6/h3-4,6H,5H2,1-2H3. The first-order chi connectivity index (χ1) is 4.70. The highest BCUT2D eigenvalue weighted by atomic mass is 16.5. The monoisotopic (exact) mass is 141 g/mol. The molecule has 0 aromatic heterocycles. The summed E-state index contributed by atoms with van der Waals surface area (Å²) in [7, 11) is 3.91. The van der Waals surface area contributed by atoms with Gasteiger partial charge < -0.3 is 4.74 Å². The third kappa shape index (κ3) is 1.57. The molecule has 0 saturated carbocycles. The van der Waals surface area contributed by atoms with Crippen LogP contribution in [0.25, 0.3) is 0 Å². The molecule has 0 aromatic rings. The Morgan fingerprint density at radius 2 is 2.40 bits per heavy atom. The van der Waals surface area contributed by atoms with Gasteiger partial charge in [0.1, 0.15) is 6.61 Å². The van der Waals surface area contributed by atoms with Crippen LogP contribution in [0.5, 0.6) is 0 Å². The lowest BCUT2D eigenvalue weighted by Crippen LogP contribution is -2.33. The van der Waals surface area contributed by atoms with Gasteiger partial charge in [-0.15, -0.1) is 0 Å². The predicted molar refractivity (Wildman–Crippen MR) is 37.6 cm³/mol. The first-order valence-corrected chi connectivity index (χ1v) is 3.21. The van der Waals surface area contributed by atoms with E-state index in [0.717, 1.165) is 0 Å². The highest BCUT2D eigenvalue weighted by Crippen LogP contribution is 2.02. The Kier molecular flexibility index (Phi) is 2.06. The van der Waals surface area contributed by atoms with Gasteiger partial charge in [-0.2, -0.15) is 0 Å². The van der Waals surface area contributed by atoms with Crippen molar-refractivity contribution < 1.29 is 9.53 Å². The molecule has 1 rings (SSSR count). The molecular formula is C7H11NO2. The Hall–Kier alpha value is -0.830. The molecule has 56 valence electrons. The van der Waals surface area contributed by atoms with E-state index in [4.69, 9.17) is 4.74 Å². The Balaban J connectivity index is 2.53. The number of hydrogen-bond acceptors (Lipinski definition) is 3. The Morgan fingerprint density at radius 1 is 1.70 bits per heavy atom. The van der Waals surface area contributed by atoms with Crippen molar-refractivity contribution >= 4 is 5.97 Å². The maximum Gasteiger partial charge on any atom is 0.330 e. The first kappa shape index (κ1) is 7.28. The van der Waals surface area contributed by atoms with E-state index < -0.39 is 0 Å². The molecule has 0 radical (unpaired) electrons. The fourth-order valence-corrected chi connectivity index (χ4v) is 0.782.